The number of ketones is 1. The molecule has 1 aliphatic rings. The van der Waals surface area contributed by atoms with Crippen molar-refractivity contribution in [3.63, 3.8) is 0 Å². The lowest BCUT2D eigenvalue weighted by Gasteiger charge is -2.41. The predicted octanol–water partition coefficient (Wildman–Crippen LogP) is 5.08. The summed E-state index contributed by atoms with van der Waals surface area (Å²) in [5.74, 6) is 0.0427. The maximum absolute atomic E-state index is 13.0. The van der Waals surface area contributed by atoms with Gasteiger partial charge in [0.1, 0.15) is 0 Å². The lowest BCUT2D eigenvalue weighted by Crippen LogP contribution is -2.39. The van der Waals surface area contributed by atoms with Crippen LogP contribution in [0.15, 0.2) is 24.4 Å². The summed E-state index contributed by atoms with van der Waals surface area (Å²) in [5, 5.41) is 11.6. The van der Waals surface area contributed by atoms with Gasteiger partial charge in [-0.25, -0.2) is 0 Å². The third-order valence-corrected chi connectivity index (χ3v) is 6.11. The van der Waals surface area contributed by atoms with Gasteiger partial charge < -0.3 is 14.2 Å². The number of rotatable bonds is 7. The van der Waals surface area contributed by atoms with E-state index in [1.165, 1.54) is 0 Å². The average molecular weight is 392 g/mol. The molecule has 27 heavy (non-hydrogen) atoms. The Labute approximate surface area is 166 Å². The molecule has 1 atom stereocenters. The van der Waals surface area contributed by atoms with Gasteiger partial charge in [0.15, 0.2) is 5.78 Å². The van der Waals surface area contributed by atoms with E-state index in [-0.39, 0.29) is 11.2 Å². The molecule has 1 unspecified atom stereocenters. The van der Waals surface area contributed by atoms with E-state index in [9.17, 15) is 9.90 Å². The second-order valence-electron chi connectivity index (χ2n) is 8.71. The summed E-state index contributed by atoms with van der Waals surface area (Å²) in [6, 6.07) is 5.62. The van der Waals surface area contributed by atoms with Crippen LogP contribution in [0.25, 0.3) is 5.52 Å². The van der Waals surface area contributed by atoms with Gasteiger partial charge in [0.05, 0.1) is 22.7 Å². The zero-order valence-electron chi connectivity index (χ0n) is 16.6. The third kappa shape index (κ3) is 4.56. The molecular weight excluding hydrogens is 362 g/mol. The number of carbonyl (C=O) groups is 1. The number of fused-ring (bicyclic) bond motifs is 1. The molecule has 0 bridgehead atoms. The van der Waals surface area contributed by atoms with Crippen LogP contribution in [0.2, 0.25) is 5.02 Å². The van der Waals surface area contributed by atoms with E-state index in [1.807, 2.05) is 28.8 Å². The number of hydrogen-bond donors (Lipinski definition) is 1. The second-order valence-corrected chi connectivity index (χ2v) is 9.12. The van der Waals surface area contributed by atoms with Crippen molar-refractivity contribution in [3.05, 3.63) is 40.7 Å². The zero-order valence-corrected chi connectivity index (χ0v) is 17.3. The Balaban J connectivity index is 1.81. The average Bonchev–Trinajstić information content (AvgIpc) is 2.97. The Bertz CT molecular complexity index is 826. The number of ether oxygens (including phenoxy) is 1. The summed E-state index contributed by atoms with van der Waals surface area (Å²) in [7, 11) is 1.67. The summed E-state index contributed by atoms with van der Waals surface area (Å²) in [5.41, 5.74) is 1.80. The molecule has 1 aliphatic carbocycles. The lowest BCUT2D eigenvalue weighted by molar-refractivity contribution is -0.0449. The number of Topliss-reactive ketones (excluding diaryl/α,β-unsaturated/α-hetero) is 1. The second kappa shape index (κ2) is 7.94. The minimum absolute atomic E-state index is 0.0427. The van der Waals surface area contributed by atoms with E-state index in [4.69, 9.17) is 16.3 Å². The number of hydrogen-bond acceptors (Lipinski definition) is 3. The molecule has 0 amide bonds. The van der Waals surface area contributed by atoms with Gasteiger partial charge in [-0.1, -0.05) is 31.9 Å². The van der Waals surface area contributed by atoms with Gasteiger partial charge in [-0.05, 0) is 49.3 Å². The Kier molecular flexibility index (Phi) is 5.99. The van der Waals surface area contributed by atoms with Crippen molar-refractivity contribution >= 4 is 22.9 Å². The van der Waals surface area contributed by atoms with Gasteiger partial charge in [0, 0.05) is 37.4 Å². The Morgan fingerprint density at radius 2 is 2.15 bits per heavy atom. The number of aliphatic hydroxyl groups is 1. The van der Waals surface area contributed by atoms with Crippen molar-refractivity contribution in [1.82, 2.24) is 4.40 Å². The molecule has 0 aliphatic heterocycles. The standard InChI is InChI=1S/C22H30ClNO3/c1-21(2)9-5-10-22(26,15-21)11-7-19(25)17-14-16(8-13-27-3)24-12-4-6-18(23)20(17)24/h4,6,12,14,26H,5,7-11,13,15H2,1-3H3. The summed E-state index contributed by atoms with van der Waals surface area (Å²) >= 11 is 6.41. The molecule has 148 valence electrons. The Morgan fingerprint density at radius 3 is 2.85 bits per heavy atom. The first-order valence-corrected chi connectivity index (χ1v) is 10.2. The molecule has 1 saturated carbocycles. The molecule has 3 rings (SSSR count). The van der Waals surface area contributed by atoms with Gasteiger partial charge in [-0.15, -0.1) is 0 Å². The molecule has 4 nitrogen and oxygen atoms in total. The highest BCUT2D eigenvalue weighted by Gasteiger charge is 2.38. The third-order valence-electron chi connectivity index (χ3n) is 5.80. The largest absolute Gasteiger partial charge is 0.390 e. The fourth-order valence-corrected chi connectivity index (χ4v) is 4.82. The molecule has 0 spiro atoms. The predicted molar refractivity (Wildman–Crippen MR) is 109 cm³/mol. The number of halogens is 1. The van der Waals surface area contributed by atoms with Gasteiger partial charge in [0.2, 0.25) is 0 Å². The van der Waals surface area contributed by atoms with Gasteiger partial charge >= 0.3 is 0 Å². The topological polar surface area (TPSA) is 50.9 Å². The van der Waals surface area contributed by atoms with Crippen LogP contribution in [0, 0.1) is 5.41 Å². The molecule has 0 saturated heterocycles. The molecule has 5 heteroatoms. The highest BCUT2D eigenvalue weighted by atomic mass is 35.5. The minimum atomic E-state index is -0.740. The first-order valence-electron chi connectivity index (χ1n) is 9.78. The first-order chi connectivity index (χ1) is 12.7. The van der Waals surface area contributed by atoms with Crippen LogP contribution in [0.4, 0.5) is 0 Å². The van der Waals surface area contributed by atoms with E-state index < -0.39 is 5.60 Å². The molecule has 0 aromatic carbocycles. The fraction of sp³-hybridized carbons (Fsp3) is 0.591. The quantitative estimate of drug-likeness (QED) is 0.670. The normalized spacial score (nSPS) is 22.3. The maximum atomic E-state index is 13.0. The van der Waals surface area contributed by atoms with Crippen LogP contribution >= 0.6 is 11.6 Å². The fourth-order valence-electron chi connectivity index (χ4n) is 4.55. The zero-order chi connectivity index (χ0) is 19.7. The number of aromatic nitrogens is 1. The van der Waals surface area contributed by atoms with Crippen LogP contribution in [0.1, 0.15) is 68.4 Å². The van der Waals surface area contributed by atoms with Crippen molar-refractivity contribution < 1.29 is 14.6 Å². The SMILES string of the molecule is COCCc1cc(C(=O)CCC2(O)CCCC(C)(C)C2)c2c(Cl)cccn12. The van der Waals surface area contributed by atoms with Gasteiger partial charge in [-0.3, -0.25) is 4.79 Å². The van der Waals surface area contributed by atoms with Crippen molar-refractivity contribution in [2.45, 2.75) is 64.4 Å². The molecule has 2 aromatic heterocycles. The Hall–Kier alpha value is -1.36. The van der Waals surface area contributed by atoms with Crippen LogP contribution in [-0.2, 0) is 11.2 Å². The number of nitrogens with zero attached hydrogens (tertiary/aromatic N) is 1. The molecule has 1 N–H and O–H groups in total. The smallest absolute Gasteiger partial charge is 0.165 e. The van der Waals surface area contributed by atoms with Crippen LogP contribution in [0.3, 0.4) is 0 Å². The number of carbonyl (C=O) groups excluding carboxylic acids is 1. The van der Waals surface area contributed by atoms with Crippen LogP contribution in [0.5, 0.6) is 0 Å². The van der Waals surface area contributed by atoms with E-state index >= 15 is 0 Å². The molecule has 1 fully saturated rings. The van der Waals surface area contributed by atoms with Crippen molar-refractivity contribution in [3.8, 4) is 0 Å². The van der Waals surface area contributed by atoms with E-state index in [2.05, 4.69) is 13.8 Å². The Morgan fingerprint density at radius 1 is 1.37 bits per heavy atom. The summed E-state index contributed by atoms with van der Waals surface area (Å²) < 4.78 is 7.17. The number of methoxy groups -OCH3 is 1. The highest BCUT2D eigenvalue weighted by molar-refractivity contribution is 6.35. The van der Waals surface area contributed by atoms with E-state index in [0.29, 0.717) is 36.5 Å². The summed E-state index contributed by atoms with van der Waals surface area (Å²) in [6.07, 6.45) is 7.16. The van der Waals surface area contributed by atoms with Crippen molar-refractivity contribution in [2.75, 3.05) is 13.7 Å². The van der Waals surface area contributed by atoms with Crippen LogP contribution in [-0.4, -0.2) is 34.6 Å². The van der Waals surface area contributed by atoms with E-state index in [1.54, 1.807) is 7.11 Å². The van der Waals surface area contributed by atoms with E-state index in [0.717, 1.165) is 36.9 Å². The highest BCUT2D eigenvalue weighted by Crippen LogP contribution is 2.43. The summed E-state index contributed by atoms with van der Waals surface area (Å²) in [6.45, 7) is 4.98. The van der Waals surface area contributed by atoms with Crippen LogP contribution < -0.4 is 0 Å². The summed E-state index contributed by atoms with van der Waals surface area (Å²) in [4.78, 5) is 13.0. The monoisotopic (exact) mass is 391 g/mol. The molecule has 2 heterocycles. The maximum Gasteiger partial charge on any atom is 0.165 e. The molecule has 2 aromatic rings. The molecular formula is C22H30ClNO3. The van der Waals surface area contributed by atoms with Gasteiger partial charge in [-0.2, -0.15) is 0 Å². The number of pyridine rings is 1. The molecule has 0 radical (unpaired) electrons. The van der Waals surface area contributed by atoms with Gasteiger partial charge in [0.25, 0.3) is 0 Å². The van der Waals surface area contributed by atoms with Crippen molar-refractivity contribution in [2.24, 2.45) is 5.41 Å². The minimum Gasteiger partial charge on any atom is -0.390 e. The lowest BCUT2D eigenvalue weighted by atomic mass is 9.68. The first kappa shape index (κ1) is 20.4. The van der Waals surface area contributed by atoms with Crippen molar-refractivity contribution in [1.29, 1.82) is 0 Å².